The summed E-state index contributed by atoms with van der Waals surface area (Å²) in [5, 5.41) is 40.5. The van der Waals surface area contributed by atoms with Gasteiger partial charge in [0.2, 0.25) is 0 Å². The highest BCUT2D eigenvalue weighted by Crippen LogP contribution is 2.42. The van der Waals surface area contributed by atoms with Crippen LogP contribution in [0.4, 0.5) is 0 Å². The molecule has 1 aliphatic rings. The normalized spacial score (nSPS) is 31.1. The highest BCUT2D eigenvalue weighted by atomic mass is 31.2. The van der Waals surface area contributed by atoms with Crippen molar-refractivity contribution in [3.8, 4) is 5.75 Å². The average molecular weight is 418 g/mol. The van der Waals surface area contributed by atoms with Crippen molar-refractivity contribution in [2.45, 2.75) is 43.5 Å². The quantitative estimate of drug-likeness (QED) is 0.258. The smallest absolute Gasteiger partial charge is 0.470 e. The third-order valence-corrected chi connectivity index (χ3v) is 4.98. The summed E-state index contributed by atoms with van der Waals surface area (Å²) < 4.78 is 26.3. The van der Waals surface area contributed by atoms with Crippen LogP contribution in [0.3, 0.4) is 0 Å². The van der Waals surface area contributed by atoms with E-state index >= 15 is 0 Å². The topological polar surface area (TPSA) is 187 Å². The van der Waals surface area contributed by atoms with Crippen LogP contribution in [0.5, 0.6) is 5.75 Å². The van der Waals surface area contributed by atoms with E-state index in [4.69, 9.17) is 18.9 Å². The van der Waals surface area contributed by atoms with Crippen molar-refractivity contribution in [1.29, 1.82) is 0 Å². The third kappa shape index (κ3) is 4.12. The van der Waals surface area contributed by atoms with Crippen LogP contribution >= 0.6 is 7.82 Å². The first-order valence-corrected chi connectivity index (χ1v) is 9.68. The Morgan fingerprint density at radius 1 is 0.964 bits per heavy atom. The molecule has 154 valence electrons. The molecular formula is C16H19O11P. The van der Waals surface area contributed by atoms with E-state index in [1.54, 1.807) is 13.0 Å². The number of phosphoric ester groups is 1. The minimum Gasteiger partial charge on any atom is -0.485 e. The van der Waals surface area contributed by atoms with Crippen LogP contribution < -0.4 is 10.4 Å². The first-order valence-electron chi connectivity index (χ1n) is 8.15. The van der Waals surface area contributed by atoms with Gasteiger partial charge in [-0.3, -0.25) is 4.52 Å². The molecule has 1 aromatic carbocycles. The summed E-state index contributed by atoms with van der Waals surface area (Å²) in [5.74, 6) is -0.00125. The number of hydrogen-bond acceptors (Lipinski definition) is 9. The molecule has 0 spiro atoms. The number of aliphatic hydroxyl groups excluding tert-OH is 4. The molecule has 6 atom stereocenters. The minimum absolute atomic E-state index is 0.00125. The summed E-state index contributed by atoms with van der Waals surface area (Å²) in [6, 6.07) is 5.84. The van der Waals surface area contributed by atoms with Gasteiger partial charge >= 0.3 is 13.4 Å². The lowest BCUT2D eigenvalue weighted by Gasteiger charge is -2.43. The van der Waals surface area contributed by atoms with Crippen molar-refractivity contribution in [1.82, 2.24) is 0 Å². The van der Waals surface area contributed by atoms with Crippen LogP contribution in [0.2, 0.25) is 0 Å². The van der Waals surface area contributed by atoms with Gasteiger partial charge in [-0.15, -0.1) is 0 Å². The fraction of sp³-hybridized carbons (Fsp3) is 0.438. The molecule has 6 N–H and O–H groups in total. The molecule has 3 rings (SSSR count). The van der Waals surface area contributed by atoms with E-state index in [1.165, 1.54) is 18.2 Å². The van der Waals surface area contributed by atoms with Crippen LogP contribution in [0.15, 0.2) is 33.5 Å². The molecule has 1 saturated carbocycles. The van der Waals surface area contributed by atoms with Crippen molar-refractivity contribution in [3.63, 3.8) is 0 Å². The predicted octanol–water partition coefficient (Wildman–Crippen LogP) is -1.22. The van der Waals surface area contributed by atoms with E-state index in [1.807, 2.05) is 0 Å². The molecule has 1 heterocycles. The Hall–Kier alpha value is -1.82. The fourth-order valence-electron chi connectivity index (χ4n) is 3.02. The van der Waals surface area contributed by atoms with Gasteiger partial charge in [0.15, 0.2) is 6.10 Å². The van der Waals surface area contributed by atoms with Gasteiger partial charge in [0.25, 0.3) is 0 Å². The second-order valence-electron chi connectivity index (χ2n) is 6.52. The van der Waals surface area contributed by atoms with Crippen molar-refractivity contribution in [2.75, 3.05) is 0 Å². The maximum atomic E-state index is 11.7. The van der Waals surface area contributed by atoms with Crippen LogP contribution in [0.1, 0.15) is 5.56 Å². The molecule has 0 saturated heterocycles. The Balaban J connectivity index is 1.96. The van der Waals surface area contributed by atoms with Gasteiger partial charge in [0.1, 0.15) is 41.9 Å². The molecule has 2 aromatic rings. The molecule has 28 heavy (non-hydrogen) atoms. The summed E-state index contributed by atoms with van der Waals surface area (Å²) in [6.07, 6.45) is -11.1. The zero-order valence-corrected chi connectivity index (χ0v) is 15.3. The van der Waals surface area contributed by atoms with Gasteiger partial charge in [-0.05, 0) is 25.1 Å². The van der Waals surface area contributed by atoms with Crippen LogP contribution in [0.25, 0.3) is 11.0 Å². The number of aliphatic hydroxyl groups is 4. The predicted molar refractivity (Wildman–Crippen MR) is 92.6 cm³/mol. The number of phosphoric acid groups is 1. The standard InChI is InChI=1S/C16H19O11P/c1-6-4-7-2-3-8(5-9(7)26-16(6)21)25-14-12(19)10(17)11(18)13(20)15(14)27-28(22,23)24/h2-5,10-15,17-20H,1H3,(H2,22,23,24)/t10-,11-,12+,13+,14-,15+/m1/s1. The lowest BCUT2D eigenvalue weighted by Crippen LogP contribution is -2.65. The Labute approximate surface area is 157 Å². The number of ether oxygens (including phenoxy) is 1. The van der Waals surface area contributed by atoms with E-state index in [0.29, 0.717) is 10.9 Å². The van der Waals surface area contributed by atoms with Gasteiger partial charge in [-0.2, -0.15) is 0 Å². The van der Waals surface area contributed by atoms with Crippen LogP contribution in [-0.2, 0) is 9.09 Å². The zero-order chi connectivity index (χ0) is 20.8. The summed E-state index contributed by atoms with van der Waals surface area (Å²) in [7, 11) is -5.14. The lowest BCUT2D eigenvalue weighted by molar-refractivity contribution is -0.213. The van der Waals surface area contributed by atoms with E-state index in [0.717, 1.165) is 0 Å². The summed E-state index contributed by atoms with van der Waals surface area (Å²) in [4.78, 5) is 29.8. The molecule has 1 aromatic heterocycles. The van der Waals surface area contributed by atoms with Gasteiger partial charge < -0.3 is 39.4 Å². The second kappa shape index (κ2) is 7.54. The Morgan fingerprint density at radius 2 is 1.57 bits per heavy atom. The summed E-state index contributed by atoms with van der Waals surface area (Å²) in [6.45, 7) is 1.58. The van der Waals surface area contributed by atoms with Gasteiger partial charge in [-0.25, -0.2) is 9.36 Å². The van der Waals surface area contributed by atoms with E-state index in [-0.39, 0.29) is 11.3 Å². The number of hydrogen-bond donors (Lipinski definition) is 6. The summed E-state index contributed by atoms with van der Waals surface area (Å²) in [5.41, 5.74) is -0.0368. The highest BCUT2D eigenvalue weighted by molar-refractivity contribution is 7.46. The largest absolute Gasteiger partial charge is 0.485 e. The van der Waals surface area contributed by atoms with Crippen molar-refractivity contribution in [2.24, 2.45) is 0 Å². The van der Waals surface area contributed by atoms with E-state index in [9.17, 15) is 29.8 Å². The monoisotopic (exact) mass is 418 g/mol. The lowest BCUT2D eigenvalue weighted by atomic mass is 9.85. The molecule has 0 bridgehead atoms. The number of rotatable bonds is 4. The Bertz CT molecular complexity index is 967. The molecular weight excluding hydrogens is 399 g/mol. The molecule has 0 amide bonds. The van der Waals surface area contributed by atoms with Crippen molar-refractivity contribution < 1.29 is 48.5 Å². The number of aryl methyl sites for hydroxylation is 1. The number of benzene rings is 1. The van der Waals surface area contributed by atoms with Crippen LogP contribution in [-0.4, -0.2) is 66.8 Å². The van der Waals surface area contributed by atoms with Crippen LogP contribution in [0, 0.1) is 6.92 Å². The highest BCUT2D eigenvalue weighted by Gasteiger charge is 2.53. The zero-order valence-electron chi connectivity index (χ0n) is 14.4. The van der Waals surface area contributed by atoms with E-state index < -0.39 is 50.1 Å². The van der Waals surface area contributed by atoms with E-state index in [2.05, 4.69) is 4.52 Å². The van der Waals surface area contributed by atoms with Gasteiger partial charge in [-0.1, -0.05) is 0 Å². The third-order valence-electron chi connectivity index (χ3n) is 4.46. The molecule has 12 heteroatoms. The maximum absolute atomic E-state index is 11.7. The SMILES string of the molecule is Cc1cc2ccc(O[C@@H]3[C@@H](O)[C@H](O)[C@@H](O)[C@H](O)[C@@H]3OP(=O)(O)O)cc2oc1=O. The molecule has 1 fully saturated rings. The van der Waals surface area contributed by atoms with Gasteiger partial charge in [0.05, 0.1) is 0 Å². The molecule has 1 aliphatic carbocycles. The van der Waals surface area contributed by atoms with Crippen molar-refractivity contribution >= 4 is 18.8 Å². The molecule has 0 unspecified atom stereocenters. The number of fused-ring (bicyclic) bond motifs is 1. The second-order valence-corrected chi connectivity index (χ2v) is 7.71. The molecule has 0 radical (unpaired) electrons. The Kier molecular flexibility index (Phi) is 5.63. The minimum atomic E-state index is -5.14. The first-order chi connectivity index (χ1) is 13.0. The fourth-order valence-corrected chi connectivity index (χ4v) is 3.59. The molecule has 0 aliphatic heterocycles. The summed E-state index contributed by atoms with van der Waals surface area (Å²) >= 11 is 0. The average Bonchev–Trinajstić information content (AvgIpc) is 2.61. The van der Waals surface area contributed by atoms with Gasteiger partial charge in [0, 0.05) is 17.0 Å². The first kappa shape index (κ1) is 20.9. The maximum Gasteiger partial charge on any atom is 0.470 e. The molecule has 11 nitrogen and oxygen atoms in total. The Morgan fingerprint density at radius 3 is 2.18 bits per heavy atom. The van der Waals surface area contributed by atoms with Crippen molar-refractivity contribution in [3.05, 3.63) is 40.2 Å².